The molecule has 1 unspecified atom stereocenters. The van der Waals surface area contributed by atoms with Crippen LogP contribution < -0.4 is 15.4 Å². The van der Waals surface area contributed by atoms with Crippen LogP contribution in [0.3, 0.4) is 0 Å². The minimum atomic E-state index is -1.26. The summed E-state index contributed by atoms with van der Waals surface area (Å²) >= 11 is 0. The highest BCUT2D eigenvalue weighted by Crippen LogP contribution is 2.29. The van der Waals surface area contributed by atoms with Crippen LogP contribution >= 0.6 is 0 Å². The Kier molecular flexibility index (Phi) is 2.86. The van der Waals surface area contributed by atoms with Crippen molar-refractivity contribution in [2.75, 3.05) is 10.6 Å². The van der Waals surface area contributed by atoms with Crippen molar-refractivity contribution in [3.8, 4) is 5.75 Å². The van der Waals surface area contributed by atoms with Crippen LogP contribution in [0.2, 0.25) is 0 Å². The Hall–Kier alpha value is -2.83. The molecule has 20 heavy (non-hydrogen) atoms. The summed E-state index contributed by atoms with van der Waals surface area (Å²) in [5.41, 5.74) is 0.541. The molecular formula is C13H11N3O4. The lowest BCUT2D eigenvalue weighted by molar-refractivity contribution is -0.133. The van der Waals surface area contributed by atoms with Gasteiger partial charge in [0, 0.05) is 6.07 Å². The van der Waals surface area contributed by atoms with Gasteiger partial charge >= 0.3 is 0 Å². The average molecular weight is 273 g/mol. The number of nitrogens with zero attached hydrogens (tertiary/aromatic N) is 1. The number of aryl methyl sites for hydroxylation is 1. The van der Waals surface area contributed by atoms with Crippen molar-refractivity contribution in [3.63, 3.8) is 0 Å². The van der Waals surface area contributed by atoms with Crippen molar-refractivity contribution >= 4 is 23.3 Å². The van der Waals surface area contributed by atoms with Crippen LogP contribution in [-0.4, -0.2) is 23.1 Å². The quantitative estimate of drug-likeness (QED) is 0.805. The van der Waals surface area contributed by atoms with Crippen LogP contribution in [0.25, 0.3) is 0 Å². The van der Waals surface area contributed by atoms with Gasteiger partial charge in [0.2, 0.25) is 0 Å². The standard InChI is InChI=1S/C13H11N3O4/c1-7-6-10(16-20-7)15-13(18)11-12(17)14-8-4-2-3-5-9(8)19-11/h2-6,11H,1H3,(H,14,17)(H,15,16,18). The fourth-order valence-corrected chi connectivity index (χ4v) is 1.84. The van der Waals surface area contributed by atoms with Gasteiger partial charge in [-0.3, -0.25) is 9.59 Å². The third-order valence-electron chi connectivity index (χ3n) is 2.75. The van der Waals surface area contributed by atoms with E-state index in [9.17, 15) is 9.59 Å². The van der Waals surface area contributed by atoms with Crippen molar-refractivity contribution in [2.24, 2.45) is 0 Å². The van der Waals surface area contributed by atoms with E-state index in [1.54, 1.807) is 37.3 Å². The highest BCUT2D eigenvalue weighted by Gasteiger charge is 2.34. The van der Waals surface area contributed by atoms with Crippen LogP contribution in [0.4, 0.5) is 11.5 Å². The Morgan fingerprint density at radius 3 is 2.95 bits per heavy atom. The number of hydrogen-bond donors (Lipinski definition) is 2. The number of nitrogens with one attached hydrogen (secondary N) is 2. The molecule has 1 atom stereocenters. The van der Waals surface area contributed by atoms with Crippen LogP contribution in [0, 0.1) is 6.92 Å². The van der Waals surface area contributed by atoms with Gasteiger partial charge in [0.25, 0.3) is 17.9 Å². The van der Waals surface area contributed by atoms with E-state index >= 15 is 0 Å². The van der Waals surface area contributed by atoms with Gasteiger partial charge in [0.05, 0.1) is 5.69 Å². The molecule has 0 spiro atoms. The van der Waals surface area contributed by atoms with Gasteiger partial charge in [0.15, 0.2) is 5.82 Å². The molecular weight excluding hydrogens is 262 g/mol. The van der Waals surface area contributed by atoms with E-state index in [2.05, 4.69) is 15.8 Å². The topological polar surface area (TPSA) is 93.5 Å². The summed E-state index contributed by atoms with van der Waals surface area (Å²) < 4.78 is 10.2. The van der Waals surface area contributed by atoms with Gasteiger partial charge < -0.3 is 19.9 Å². The zero-order valence-corrected chi connectivity index (χ0v) is 10.5. The second-order valence-electron chi connectivity index (χ2n) is 4.30. The second kappa shape index (κ2) is 4.69. The smallest absolute Gasteiger partial charge is 0.276 e. The predicted molar refractivity (Wildman–Crippen MR) is 69.4 cm³/mol. The molecule has 102 valence electrons. The van der Waals surface area contributed by atoms with E-state index in [1.807, 2.05) is 0 Å². The summed E-state index contributed by atoms with van der Waals surface area (Å²) in [6, 6.07) is 8.44. The average Bonchev–Trinajstić information content (AvgIpc) is 2.83. The largest absolute Gasteiger partial charge is 0.468 e. The van der Waals surface area contributed by atoms with Crippen molar-refractivity contribution in [2.45, 2.75) is 13.0 Å². The number of rotatable bonds is 2. The molecule has 2 aromatic rings. The van der Waals surface area contributed by atoms with E-state index in [-0.39, 0.29) is 5.82 Å². The molecule has 2 heterocycles. The summed E-state index contributed by atoms with van der Waals surface area (Å²) in [6.07, 6.45) is -1.26. The van der Waals surface area contributed by atoms with Crippen molar-refractivity contribution < 1.29 is 18.8 Å². The predicted octanol–water partition coefficient (Wildman–Crippen LogP) is 1.32. The number of para-hydroxylation sites is 2. The maximum absolute atomic E-state index is 12.0. The first-order chi connectivity index (χ1) is 9.63. The number of hydrogen-bond acceptors (Lipinski definition) is 5. The SMILES string of the molecule is Cc1cc(NC(=O)C2Oc3ccccc3NC2=O)no1. The molecule has 2 N–H and O–H groups in total. The molecule has 0 saturated heterocycles. The highest BCUT2D eigenvalue weighted by atomic mass is 16.5. The van der Waals surface area contributed by atoms with Crippen molar-refractivity contribution in [1.29, 1.82) is 0 Å². The zero-order chi connectivity index (χ0) is 14.1. The fourth-order valence-electron chi connectivity index (χ4n) is 1.84. The summed E-state index contributed by atoms with van der Waals surface area (Å²) in [4.78, 5) is 23.9. The van der Waals surface area contributed by atoms with Gasteiger partial charge in [0.1, 0.15) is 11.5 Å². The first-order valence-corrected chi connectivity index (χ1v) is 5.94. The maximum Gasteiger partial charge on any atom is 0.276 e. The Bertz CT molecular complexity index is 680. The molecule has 0 aliphatic carbocycles. The van der Waals surface area contributed by atoms with Crippen molar-refractivity contribution in [1.82, 2.24) is 5.16 Å². The molecule has 2 amide bonds. The van der Waals surface area contributed by atoms with Gasteiger partial charge in [-0.1, -0.05) is 17.3 Å². The third-order valence-corrected chi connectivity index (χ3v) is 2.75. The lowest BCUT2D eigenvalue weighted by atomic mass is 10.2. The van der Waals surface area contributed by atoms with E-state index in [4.69, 9.17) is 9.26 Å². The second-order valence-corrected chi connectivity index (χ2v) is 4.30. The van der Waals surface area contributed by atoms with Gasteiger partial charge in [-0.15, -0.1) is 0 Å². The Balaban J connectivity index is 1.77. The number of benzene rings is 1. The van der Waals surface area contributed by atoms with E-state index < -0.39 is 17.9 Å². The van der Waals surface area contributed by atoms with Crippen LogP contribution in [-0.2, 0) is 9.59 Å². The first kappa shape index (κ1) is 12.2. The fraction of sp³-hybridized carbons (Fsp3) is 0.154. The third kappa shape index (κ3) is 2.20. The molecule has 0 fully saturated rings. The van der Waals surface area contributed by atoms with Gasteiger partial charge in [-0.05, 0) is 19.1 Å². The van der Waals surface area contributed by atoms with Gasteiger partial charge in [-0.25, -0.2) is 0 Å². The summed E-state index contributed by atoms with van der Waals surface area (Å²) in [7, 11) is 0. The molecule has 7 nitrogen and oxygen atoms in total. The van der Waals surface area contributed by atoms with Crippen LogP contribution in [0.1, 0.15) is 5.76 Å². The molecule has 1 aliphatic heterocycles. The molecule has 7 heteroatoms. The monoisotopic (exact) mass is 273 g/mol. The maximum atomic E-state index is 12.0. The van der Waals surface area contributed by atoms with Gasteiger partial charge in [-0.2, -0.15) is 0 Å². The number of fused-ring (bicyclic) bond motifs is 1. The zero-order valence-electron chi connectivity index (χ0n) is 10.5. The Labute approximate surface area is 113 Å². The van der Waals surface area contributed by atoms with E-state index in [1.165, 1.54) is 0 Å². The Morgan fingerprint density at radius 1 is 1.40 bits per heavy atom. The van der Waals surface area contributed by atoms with E-state index in [0.29, 0.717) is 17.2 Å². The van der Waals surface area contributed by atoms with Crippen LogP contribution in [0.15, 0.2) is 34.9 Å². The molecule has 1 aromatic heterocycles. The summed E-state index contributed by atoms with van der Waals surface area (Å²) in [5.74, 6) is 0.109. The number of anilines is 2. The lowest BCUT2D eigenvalue weighted by Crippen LogP contribution is -2.45. The van der Waals surface area contributed by atoms with Crippen LogP contribution in [0.5, 0.6) is 5.75 Å². The number of amides is 2. The lowest BCUT2D eigenvalue weighted by Gasteiger charge is -2.24. The first-order valence-electron chi connectivity index (χ1n) is 5.94. The minimum Gasteiger partial charge on any atom is -0.468 e. The van der Waals surface area contributed by atoms with E-state index in [0.717, 1.165) is 0 Å². The highest BCUT2D eigenvalue weighted by molar-refractivity contribution is 6.14. The number of carbonyl (C=O) groups excluding carboxylic acids is 2. The van der Waals surface area contributed by atoms with Crippen molar-refractivity contribution in [3.05, 3.63) is 36.1 Å². The number of ether oxygens (including phenoxy) is 1. The normalized spacial score (nSPS) is 16.9. The molecule has 0 bridgehead atoms. The summed E-state index contributed by atoms with van der Waals surface area (Å²) in [6.45, 7) is 1.70. The minimum absolute atomic E-state index is 0.239. The molecule has 1 aromatic carbocycles. The summed E-state index contributed by atoms with van der Waals surface area (Å²) in [5, 5.41) is 8.70. The molecule has 3 rings (SSSR count). The number of aromatic nitrogens is 1. The molecule has 0 saturated carbocycles. The molecule has 0 radical (unpaired) electrons. The molecule has 1 aliphatic rings. The number of carbonyl (C=O) groups is 2. The Morgan fingerprint density at radius 2 is 2.20 bits per heavy atom.